The Labute approximate surface area is 140 Å². The second kappa shape index (κ2) is 5.90. The van der Waals surface area contributed by atoms with Gasteiger partial charge in [-0.15, -0.1) is 0 Å². The number of piperazine rings is 1. The molecule has 3 amide bonds. The average molecular weight is 328 g/mol. The summed E-state index contributed by atoms with van der Waals surface area (Å²) in [5.74, 6) is -1.14. The summed E-state index contributed by atoms with van der Waals surface area (Å²) in [5, 5.41) is 6.05. The molecule has 5 rings (SSSR count). The van der Waals surface area contributed by atoms with Crippen LogP contribution in [0.2, 0.25) is 0 Å². The molecule has 4 fully saturated rings. The molecule has 7 nitrogen and oxygen atoms in total. The molecule has 4 aliphatic rings. The van der Waals surface area contributed by atoms with Crippen LogP contribution in [0.15, 0.2) is 30.3 Å². The summed E-state index contributed by atoms with van der Waals surface area (Å²) < 4.78 is 0. The van der Waals surface area contributed by atoms with E-state index in [1.165, 1.54) is 0 Å². The third-order valence-electron chi connectivity index (χ3n) is 4.93. The van der Waals surface area contributed by atoms with Gasteiger partial charge in [0.1, 0.15) is 0 Å². The maximum atomic E-state index is 12.3. The summed E-state index contributed by atoms with van der Waals surface area (Å²) in [7, 11) is 0. The molecular weight excluding hydrogens is 308 g/mol. The Hall–Kier alpha value is -2.41. The second-order valence-corrected chi connectivity index (χ2v) is 6.72. The van der Waals surface area contributed by atoms with E-state index < -0.39 is 11.8 Å². The summed E-state index contributed by atoms with van der Waals surface area (Å²) in [6.07, 6.45) is 1.30. The molecule has 0 radical (unpaired) electrons. The van der Waals surface area contributed by atoms with Gasteiger partial charge in [-0.05, 0) is 18.6 Å². The van der Waals surface area contributed by atoms with Crippen LogP contribution >= 0.6 is 0 Å². The Balaban J connectivity index is 1.35. The van der Waals surface area contributed by atoms with Crippen molar-refractivity contribution in [3.63, 3.8) is 0 Å². The van der Waals surface area contributed by atoms with Crippen LogP contribution in [0.25, 0.3) is 0 Å². The molecule has 3 unspecified atom stereocenters. The normalized spacial score (nSPS) is 28.5. The largest absolute Gasteiger partial charge is 0.343 e. The molecule has 2 N–H and O–H groups in total. The molecule has 4 heterocycles. The summed E-state index contributed by atoms with van der Waals surface area (Å²) in [6, 6.07) is 9.66. The van der Waals surface area contributed by atoms with Gasteiger partial charge in [0.05, 0.1) is 6.04 Å². The highest BCUT2D eigenvalue weighted by molar-refractivity contribution is 6.35. The van der Waals surface area contributed by atoms with E-state index in [9.17, 15) is 14.4 Å². The topological polar surface area (TPSA) is 81.8 Å². The Bertz CT molecular complexity index is 662. The van der Waals surface area contributed by atoms with Gasteiger partial charge in [0.25, 0.3) is 0 Å². The average Bonchev–Trinajstić information content (AvgIpc) is 2.94. The molecule has 0 aliphatic carbocycles. The number of carbonyl (C=O) groups is 3. The highest BCUT2D eigenvalue weighted by Crippen LogP contribution is 2.22. The third-order valence-corrected chi connectivity index (χ3v) is 4.93. The zero-order chi connectivity index (χ0) is 16.7. The van der Waals surface area contributed by atoms with Gasteiger partial charge in [-0.3, -0.25) is 14.4 Å². The Kier molecular flexibility index (Phi) is 3.72. The summed E-state index contributed by atoms with van der Waals surface area (Å²) >= 11 is 0. The van der Waals surface area contributed by atoms with Gasteiger partial charge in [0, 0.05) is 43.8 Å². The van der Waals surface area contributed by atoms with E-state index in [2.05, 4.69) is 10.6 Å². The number of amides is 3. The number of hydrogen-bond acceptors (Lipinski definition) is 4. The van der Waals surface area contributed by atoms with E-state index >= 15 is 0 Å². The number of hydrogen-bond donors (Lipinski definition) is 2. The van der Waals surface area contributed by atoms with Gasteiger partial charge < -0.3 is 20.4 Å². The highest BCUT2D eigenvalue weighted by atomic mass is 16.2. The SMILES string of the molecule is O=C(NC1CC(=O)N(c2ccccc2)C1)C(=O)N1CC2CC(C1)N2. The number of rotatable bonds is 2. The standard InChI is InChI=1S/C17H20N4O3/c22-15-7-13(10-21(15)14-4-2-1-3-5-14)19-16(23)17(24)20-8-11-6-12(9-20)18-11/h1-5,11-13,18H,6-10H2,(H,19,23). The molecule has 4 saturated heterocycles. The third kappa shape index (κ3) is 2.75. The smallest absolute Gasteiger partial charge is 0.311 e. The predicted octanol–water partition coefficient (Wildman–Crippen LogP) is -0.519. The van der Waals surface area contributed by atoms with Crippen molar-refractivity contribution in [1.29, 1.82) is 0 Å². The van der Waals surface area contributed by atoms with Gasteiger partial charge in [-0.25, -0.2) is 0 Å². The quantitative estimate of drug-likeness (QED) is 0.716. The number of anilines is 1. The minimum atomic E-state index is -0.607. The van der Waals surface area contributed by atoms with Crippen molar-refractivity contribution in [3.8, 4) is 0 Å². The molecule has 0 saturated carbocycles. The van der Waals surface area contributed by atoms with Crippen LogP contribution in [-0.4, -0.2) is 60.4 Å². The van der Waals surface area contributed by atoms with Crippen molar-refractivity contribution in [2.75, 3.05) is 24.5 Å². The van der Waals surface area contributed by atoms with E-state index in [-0.39, 0.29) is 18.4 Å². The summed E-state index contributed by atoms with van der Waals surface area (Å²) in [6.45, 7) is 1.57. The maximum absolute atomic E-state index is 12.3. The van der Waals surface area contributed by atoms with E-state index in [0.717, 1.165) is 12.1 Å². The Morgan fingerprint density at radius 2 is 1.75 bits per heavy atom. The number of piperidine rings is 1. The van der Waals surface area contributed by atoms with Gasteiger partial charge >= 0.3 is 11.8 Å². The lowest BCUT2D eigenvalue weighted by molar-refractivity contribution is -0.148. The van der Waals surface area contributed by atoms with E-state index in [4.69, 9.17) is 0 Å². The molecule has 0 aromatic heterocycles. The maximum Gasteiger partial charge on any atom is 0.311 e. The number of nitrogens with one attached hydrogen (secondary N) is 2. The lowest BCUT2D eigenvalue weighted by Crippen LogP contribution is -2.68. The highest BCUT2D eigenvalue weighted by Gasteiger charge is 2.40. The van der Waals surface area contributed by atoms with Crippen LogP contribution < -0.4 is 15.5 Å². The summed E-state index contributed by atoms with van der Waals surface area (Å²) in [5.41, 5.74) is 0.813. The van der Waals surface area contributed by atoms with Crippen LogP contribution in [0.1, 0.15) is 12.8 Å². The molecule has 1 aromatic rings. The molecular formula is C17H20N4O3. The number of para-hydroxylation sites is 1. The van der Waals surface area contributed by atoms with Gasteiger partial charge in [0.2, 0.25) is 5.91 Å². The fourth-order valence-electron chi connectivity index (χ4n) is 3.73. The minimum absolute atomic E-state index is 0.0395. The fourth-order valence-corrected chi connectivity index (χ4v) is 3.73. The van der Waals surface area contributed by atoms with Crippen molar-refractivity contribution in [3.05, 3.63) is 30.3 Å². The first-order valence-corrected chi connectivity index (χ1v) is 8.31. The number of carbonyl (C=O) groups excluding carboxylic acids is 3. The monoisotopic (exact) mass is 328 g/mol. The number of benzene rings is 1. The first-order valence-electron chi connectivity index (χ1n) is 8.31. The van der Waals surface area contributed by atoms with Crippen LogP contribution in [0.3, 0.4) is 0 Å². The zero-order valence-electron chi connectivity index (χ0n) is 13.3. The van der Waals surface area contributed by atoms with E-state index in [1.54, 1.807) is 9.80 Å². The molecule has 2 bridgehead atoms. The number of nitrogens with zero attached hydrogens (tertiary/aromatic N) is 2. The Morgan fingerprint density at radius 3 is 2.42 bits per heavy atom. The van der Waals surface area contributed by atoms with E-state index in [1.807, 2.05) is 30.3 Å². The van der Waals surface area contributed by atoms with Gasteiger partial charge in [-0.2, -0.15) is 0 Å². The first-order chi connectivity index (χ1) is 11.6. The lowest BCUT2D eigenvalue weighted by Gasteiger charge is -2.48. The van der Waals surface area contributed by atoms with Crippen molar-refractivity contribution in [2.24, 2.45) is 0 Å². The van der Waals surface area contributed by atoms with Crippen molar-refractivity contribution in [2.45, 2.75) is 31.0 Å². The molecule has 3 atom stereocenters. The van der Waals surface area contributed by atoms with Crippen molar-refractivity contribution in [1.82, 2.24) is 15.5 Å². The number of fused-ring (bicyclic) bond motifs is 2. The lowest BCUT2D eigenvalue weighted by atomic mass is 9.91. The molecule has 24 heavy (non-hydrogen) atoms. The van der Waals surface area contributed by atoms with Crippen LogP contribution in [-0.2, 0) is 14.4 Å². The minimum Gasteiger partial charge on any atom is -0.343 e. The van der Waals surface area contributed by atoms with Crippen LogP contribution in [0, 0.1) is 0 Å². The van der Waals surface area contributed by atoms with Crippen LogP contribution in [0.4, 0.5) is 5.69 Å². The molecule has 0 spiro atoms. The van der Waals surface area contributed by atoms with Gasteiger partial charge in [-0.1, -0.05) is 18.2 Å². The predicted molar refractivity (Wildman–Crippen MR) is 87.3 cm³/mol. The second-order valence-electron chi connectivity index (χ2n) is 6.72. The fraction of sp³-hybridized carbons (Fsp3) is 0.471. The molecule has 1 aromatic carbocycles. The van der Waals surface area contributed by atoms with Gasteiger partial charge in [0.15, 0.2) is 0 Å². The first kappa shape index (κ1) is 15.1. The van der Waals surface area contributed by atoms with Crippen molar-refractivity contribution >= 4 is 23.4 Å². The van der Waals surface area contributed by atoms with Crippen LogP contribution in [0.5, 0.6) is 0 Å². The molecule has 4 aliphatic heterocycles. The van der Waals surface area contributed by atoms with E-state index in [0.29, 0.717) is 31.7 Å². The molecule has 7 heteroatoms. The Morgan fingerprint density at radius 1 is 1.08 bits per heavy atom. The molecule has 126 valence electrons. The summed E-state index contributed by atoms with van der Waals surface area (Å²) in [4.78, 5) is 39.9. The van der Waals surface area contributed by atoms with Crippen molar-refractivity contribution < 1.29 is 14.4 Å². The zero-order valence-corrected chi connectivity index (χ0v) is 13.3.